The fourth-order valence-corrected chi connectivity index (χ4v) is 3.73. The summed E-state index contributed by atoms with van der Waals surface area (Å²) in [5.74, 6) is 19.3. The van der Waals surface area contributed by atoms with Gasteiger partial charge in [0.05, 0.1) is 0 Å². The zero-order chi connectivity index (χ0) is 13.7. The van der Waals surface area contributed by atoms with Crippen LogP contribution in [0.4, 0.5) is 0 Å². The first-order valence-electron chi connectivity index (χ1n) is 6.75. The van der Waals surface area contributed by atoms with Gasteiger partial charge in [-0.2, -0.15) is 0 Å². The standard InChI is InChI=1S/C17H24Si/c1-5-9-12-15-18(8-4,16-13-10-6-2)17-14-11-7-3/h8H,4-7,15-17H2,1-3H3. The van der Waals surface area contributed by atoms with Crippen molar-refractivity contribution in [1.29, 1.82) is 0 Å². The maximum atomic E-state index is 4.03. The Hall–Kier alpha value is -1.36. The fraction of sp³-hybridized carbons (Fsp3) is 0.529. The topological polar surface area (TPSA) is 0 Å². The molecule has 0 heterocycles. The molecule has 0 amide bonds. The van der Waals surface area contributed by atoms with E-state index in [9.17, 15) is 0 Å². The lowest BCUT2D eigenvalue weighted by Gasteiger charge is -2.20. The second-order valence-corrected chi connectivity index (χ2v) is 8.41. The lowest BCUT2D eigenvalue weighted by atomic mass is 10.5. The first-order chi connectivity index (χ1) is 8.74. The molecule has 0 aliphatic carbocycles. The zero-order valence-electron chi connectivity index (χ0n) is 12.0. The van der Waals surface area contributed by atoms with E-state index in [2.05, 4.69) is 68.6 Å². The molecule has 0 aliphatic rings. The average molecular weight is 256 g/mol. The van der Waals surface area contributed by atoms with E-state index in [0.29, 0.717) is 0 Å². The quantitative estimate of drug-likeness (QED) is 0.516. The summed E-state index contributed by atoms with van der Waals surface area (Å²) >= 11 is 0. The number of hydrogen-bond donors (Lipinski definition) is 0. The third-order valence-corrected chi connectivity index (χ3v) is 6.17. The summed E-state index contributed by atoms with van der Waals surface area (Å²) < 4.78 is 0. The molecular weight excluding hydrogens is 232 g/mol. The van der Waals surface area contributed by atoms with Crippen LogP contribution in [-0.4, -0.2) is 8.07 Å². The number of hydrogen-bond acceptors (Lipinski definition) is 0. The van der Waals surface area contributed by atoms with Crippen LogP contribution in [0, 0.1) is 35.5 Å². The Labute approximate surface area is 114 Å². The van der Waals surface area contributed by atoms with Crippen LogP contribution in [0.15, 0.2) is 12.3 Å². The second-order valence-electron chi connectivity index (χ2n) is 4.22. The Bertz CT molecular complexity index is 352. The highest BCUT2D eigenvalue weighted by Gasteiger charge is 2.26. The Kier molecular flexibility index (Phi) is 9.95. The van der Waals surface area contributed by atoms with Crippen LogP contribution in [0.25, 0.3) is 0 Å². The van der Waals surface area contributed by atoms with E-state index in [0.717, 1.165) is 37.4 Å². The van der Waals surface area contributed by atoms with E-state index < -0.39 is 8.07 Å². The molecule has 0 aliphatic heterocycles. The van der Waals surface area contributed by atoms with E-state index in [1.807, 2.05) is 0 Å². The van der Waals surface area contributed by atoms with E-state index in [1.54, 1.807) is 0 Å². The Balaban J connectivity index is 4.86. The van der Waals surface area contributed by atoms with Crippen LogP contribution < -0.4 is 0 Å². The average Bonchev–Trinajstić information content (AvgIpc) is 2.39. The Morgan fingerprint density at radius 2 is 1.06 bits per heavy atom. The van der Waals surface area contributed by atoms with E-state index >= 15 is 0 Å². The fourth-order valence-electron chi connectivity index (χ4n) is 1.49. The zero-order valence-corrected chi connectivity index (χ0v) is 13.0. The highest BCUT2D eigenvalue weighted by atomic mass is 28.3. The van der Waals surface area contributed by atoms with E-state index in [-0.39, 0.29) is 0 Å². The van der Waals surface area contributed by atoms with Crippen LogP contribution in [0.1, 0.15) is 40.0 Å². The molecule has 0 saturated carbocycles. The van der Waals surface area contributed by atoms with Crippen LogP contribution in [0.5, 0.6) is 0 Å². The molecule has 1 heteroatoms. The van der Waals surface area contributed by atoms with Crippen molar-refractivity contribution in [2.75, 3.05) is 0 Å². The second kappa shape index (κ2) is 10.8. The van der Waals surface area contributed by atoms with Crippen molar-refractivity contribution >= 4 is 8.07 Å². The molecule has 18 heavy (non-hydrogen) atoms. The van der Waals surface area contributed by atoms with E-state index in [4.69, 9.17) is 0 Å². The molecule has 0 aromatic rings. The molecule has 0 unspecified atom stereocenters. The summed E-state index contributed by atoms with van der Waals surface area (Å²) in [5.41, 5.74) is 2.13. The third-order valence-electron chi connectivity index (χ3n) is 2.66. The summed E-state index contributed by atoms with van der Waals surface area (Å²) in [4.78, 5) is 0. The normalized spacial score (nSPS) is 9.06. The summed E-state index contributed by atoms with van der Waals surface area (Å²) in [7, 11) is -1.64. The van der Waals surface area contributed by atoms with Crippen molar-refractivity contribution in [3.63, 3.8) is 0 Å². The van der Waals surface area contributed by atoms with Gasteiger partial charge in [0.2, 0.25) is 0 Å². The largest absolute Gasteiger partial charge is 0.113 e. The van der Waals surface area contributed by atoms with Crippen LogP contribution >= 0.6 is 0 Å². The molecule has 0 aromatic heterocycles. The molecule has 0 spiro atoms. The molecule has 96 valence electrons. The molecule has 0 saturated heterocycles. The van der Waals surface area contributed by atoms with Crippen molar-refractivity contribution in [2.45, 2.75) is 58.2 Å². The predicted molar refractivity (Wildman–Crippen MR) is 84.6 cm³/mol. The third kappa shape index (κ3) is 7.06. The summed E-state index contributed by atoms with van der Waals surface area (Å²) in [6, 6.07) is 2.84. The van der Waals surface area contributed by atoms with Crippen molar-refractivity contribution in [1.82, 2.24) is 0 Å². The molecular formula is C17H24Si. The van der Waals surface area contributed by atoms with Crippen LogP contribution in [0.2, 0.25) is 18.1 Å². The maximum Gasteiger partial charge on any atom is 0.113 e. The van der Waals surface area contributed by atoms with Gasteiger partial charge < -0.3 is 0 Å². The molecule has 0 bridgehead atoms. The van der Waals surface area contributed by atoms with Gasteiger partial charge in [-0.1, -0.05) is 26.5 Å². The SMILES string of the molecule is C=C[Si](CC#CCC)(CC#CCC)CC#CCC. The monoisotopic (exact) mass is 256 g/mol. The number of rotatable bonds is 4. The van der Waals surface area contributed by atoms with Gasteiger partial charge in [0.15, 0.2) is 0 Å². The van der Waals surface area contributed by atoms with Gasteiger partial charge in [-0.3, -0.25) is 0 Å². The van der Waals surface area contributed by atoms with Gasteiger partial charge in [0, 0.05) is 37.4 Å². The first kappa shape index (κ1) is 16.6. The molecule has 0 fully saturated rings. The lowest BCUT2D eigenvalue weighted by molar-refractivity contribution is 1.27. The van der Waals surface area contributed by atoms with Crippen LogP contribution in [0.3, 0.4) is 0 Å². The van der Waals surface area contributed by atoms with E-state index in [1.165, 1.54) is 0 Å². The van der Waals surface area contributed by atoms with Gasteiger partial charge >= 0.3 is 0 Å². The molecule has 0 nitrogen and oxygen atoms in total. The molecule has 0 atom stereocenters. The van der Waals surface area contributed by atoms with Gasteiger partial charge in [-0.05, 0) is 0 Å². The van der Waals surface area contributed by atoms with Crippen molar-refractivity contribution in [3.8, 4) is 35.5 Å². The van der Waals surface area contributed by atoms with Crippen LogP contribution in [-0.2, 0) is 0 Å². The highest BCUT2D eigenvalue weighted by molar-refractivity contribution is 6.86. The summed E-state index contributed by atoms with van der Waals surface area (Å²) in [6.45, 7) is 10.3. The highest BCUT2D eigenvalue weighted by Crippen LogP contribution is 2.21. The van der Waals surface area contributed by atoms with Gasteiger partial charge in [0.1, 0.15) is 8.07 Å². The summed E-state index contributed by atoms with van der Waals surface area (Å²) in [5, 5.41) is 0. The molecule has 0 N–H and O–H groups in total. The van der Waals surface area contributed by atoms with Crippen molar-refractivity contribution in [3.05, 3.63) is 12.3 Å². The minimum atomic E-state index is -1.64. The summed E-state index contributed by atoms with van der Waals surface area (Å²) in [6.07, 6.45) is 2.76. The first-order valence-corrected chi connectivity index (χ1v) is 9.45. The minimum Gasteiger partial charge on any atom is -0.107 e. The van der Waals surface area contributed by atoms with Gasteiger partial charge in [-0.15, -0.1) is 42.1 Å². The van der Waals surface area contributed by atoms with Gasteiger partial charge in [0.25, 0.3) is 0 Å². The smallest absolute Gasteiger partial charge is 0.107 e. The molecule has 0 radical (unpaired) electrons. The molecule has 0 aromatic carbocycles. The Morgan fingerprint density at radius 3 is 1.28 bits per heavy atom. The predicted octanol–water partition coefficient (Wildman–Crippen LogP) is 4.40. The minimum absolute atomic E-state index is 0.920. The lowest BCUT2D eigenvalue weighted by Crippen LogP contribution is -2.30. The van der Waals surface area contributed by atoms with Crippen molar-refractivity contribution < 1.29 is 0 Å². The van der Waals surface area contributed by atoms with Gasteiger partial charge in [-0.25, -0.2) is 0 Å². The Morgan fingerprint density at radius 1 is 0.722 bits per heavy atom. The maximum absolute atomic E-state index is 4.03. The van der Waals surface area contributed by atoms with Crippen molar-refractivity contribution in [2.24, 2.45) is 0 Å². The molecule has 0 rings (SSSR count).